The summed E-state index contributed by atoms with van der Waals surface area (Å²) in [6.07, 6.45) is 1.56. The lowest BCUT2D eigenvalue weighted by atomic mass is 10.1. The summed E-state index contributed by atoms with van der Waals surface area (Å²) < 4.78 is 28.1. The van der Waals surface area contributed by atoms with Gasteiger partial charge in [-0.25, -0.2) is 8.42 Å². The van der Waals surface area contributed by atoms with E-state index in [-0.39, 0.29) is 10.6 Å². The van der Waals surface area contributed by atoms with Gasteiger partial charge in [-0.1, -0.05) is 17.3 Å². The number of phenols is 1. The van der Waals surface area contributed by atoms with Crippen molar-refractivity contribution in [1.82, 2.24) is 10.1 Å². The molecule has 0 saturated carbocycles. The molecule has 0 amide bonds. The van der Waals surface area contributed by atoms with Gasteiger partial charge < -0.3 is 9.63 Å². The van der Waals surface area contributed by atoms with Crippen LogP contribution in [0, 0.1) is 0 Å². The molecule has 1 heterocycles. The molecular formula is C16H14N2O4S. The lowest BCUT2D eigenvalue weighted by Gasteiger charge is -1.99. The highest BCUT2D eigenvalue weighted by atomic mass is 32.2. The quantitative estimate of drug-likeness (QED) is 0.790. The third-order valence-electron chi connectivity index (χ3n) is 3.27. The van der Waals surface area contributed by atoms with Crippen molar-refractivity contribution in [2.45, 2.75) is 11.3 Å². The number of nitrogens with zero attached hydrogens (tertiary/aromatic N) is 2. The van der Waals surface area contributed by atoms with Crippen LogP contribution in [0.1, 0.15) is 11.5 Å². The minimum absolute atomic E-state index is 0.179. The summed E-state index contributed by atoms with van der Waals surface area (Å²) in [6.45, 7) is 0. The molecule has 118 valence electrons. The summed E-state index contributed by atoms with van der Waals surface area (Å²) in [7, 11) is -3.23. The predicted molar refractivity (Wildman–Crippen MR) is 83.8 cm³/mol. The van der Waals surface area contributed by atoms with Gasteiger partial charge in [0.25, 0.3) is 0 Å². The van der Waals surface area contributed by atoms with E-state index in [4.69, 9.17) is 4.52 Å². The molecule has 0 radical (unpaired) electrons. The van der Waals surface area contributed by atoms with Crippen LogP contribution in [-0.4, -0.2) is 29.9 Å². The van der Waals surface area contributed by atoms with Gasteiger partial charge in [0.1, 0.15) is 5.75 Å². The van der Waals surface area contributed by atoms with Crippen molar-refractivity contribution in [2.24, 2.45) is 0 Å². The Bertz CT molecular complexity index is 931. The van der Waals surface area contributed by atoms with Gasteiger partial charge in [0.15, 0.2) is 9.84 Å². The number of hydrogen-bond donors (Lipinski definition) is 1. The van der Waals surface area contributed by atoms with Crippen molar-refractivity contribution in [1.29, 1.82) is 0 Å². The van der Waals surface area contributed by atoms with Crippen LogP contribution < -0.4 is 0 Å². The van der Waals surface area contributed by atoms with E-state index < -0.39 is 9.84 Å². The zero-order chi connectivity index (χ0) is 16.4. The Morgan fingerprint density at radius 3 is 2.52 bits per heavy atom. The van der Waals surface area contributed by atoms with E-state index in [9.17, 15) is 13.5 Å². The molecule has 0 aliphatic carbocycles. The van der Waals surface area contributed by atoms with Gasteiger partial charge in [0.2, 0.25) is 11.7 Å². The minimum atomic E-state index is -3.23. The average molecular weight is 330 g/mol. The molecule has 0 spiro atoms. The molecule has 0 bridgehead atoms. The maximum absolute atomic E-state index is 11.4. The number of benzene rings is 2. The Morgan fingerprint density at radius 2 is 1.87 bits per heavy atom. The zero-order valence-corrected chi connectivity index (χ0v) is 13.1. The van der Waals surface area contributed by atoms with Crippen LogP contribution in [0.25, 0.3) is 11.4 Å². The molecule has 23 heavy (non-hydrogen) atoms. The van der Waals surface area contributed by atoms with Gasteiger partial charge in [0.05, 0.1) is 11.3 Å². The first-order valence-corrected chi connectivity index (χ1v) is 8.72. The summed E-state index contributed by atoms with van der Waals surface area (Å²) >= 11 is 0. The second-order valence-corrected chi connectivity index (χ2v) is 7.17. The van der Waals surface area contributed by atoms with Crippen molar-refractivity contribution in [3.63, 3.8) is 0 Å². The molecule has 7 heteroatoms. The zero-order valence-electron chi connectivity index (χ0n) is 12.3. The van der Waals surface area contributed by atoms with Gasteiger partial charge in [0, 0.05) is 11.8 Å². The van der Waals surface area contributed by atoms with E-state index in [1.807, 2.05) is 6.07 Å². The number of aromatic hydroxyl groups is 1. The monoisotopic (exact) mass is 330 g/mol. The summed E-state index contributed by atoms with van der Waals surface area (Å²) in [5.41, 5.74) is 1.52. The van der Waals surface area contributed by atoms with Crippen molar-refractivity contribution >= 4 is 9.84 Å². The largest absolute Gasteiger partial charge is 0.508 e. The first-order chi connectivity index (χ1) is 10.9. The molecule has 3 rings (SSSR count). The van der Waals surface area contributed by atoms with E-state index in [1.165, 1.54) is 12.1 Å². The first-order valence-electron chi connectivity index (χ1n) is 6.83. The van der Waals surface area contributed by atoms with Crippen molar-refractivity contribution in [3.05, 3.63) is 60.0 Å². The van der Waals surface area contributed by atoms with E-state index in [2.05, 4.69) is 10.1 Å². The van der Waals surface area contributed by atoms with Gasteiger partial charge in [-0.15, -0.1) is 0 Å². The summed E-state index contributed by atoms with van der Waals surface area (Å²) in [6, 6.07) is 13.1. The van der Waals surface area contributed by atoms with Crippen LogP contribution in [0.4, 0.5) is 0 Å². The first kappa shape index (κ1) is 15.2. The van der Waals surface area contributed by atoms with E-state index in [0.717, 1.165) is 11.8 Å². The summed E-state index contributed by atoms with van der Waals surface area (Å²) in [4.78, 5) is 4.53. The fourth-order valence-corrected chi connectivity index (χ4v) is 2.77. The minimum Gasteiger partial charge on any atom is -0.508 e. The SMILES string of the molecule is CS(=O)(=O)c1ccc(-c2noc(Cc3cccc(O)c3)n2)cc1. The number of rotatable bonds is 4. The topological polar surface area (TPSA) is 93.3 Å². The van der Waals surface area contributed by atoms with Crippen LogP contribution >= 0.6 is 0 Å². The van der Waals surface area contributed by atoms with Gasteiger partial charge in [-0.05, 0) is 42.0 Å². The fourth-order valence-electron chi connectivity index (χ4n) is 2.14. The molecule has 1 aromatic heterocycles. The Hall–Kier alpha value is -2.67. The third-order valence-corrected chi connectivity index (χ3v) is 4.40. The lowest BCUT2D eigenvalue weighted by Crippen LogP contribution is -1.96. The Balaban J connectivity index is 1.81. The molecule has 0 unspecified atom stereocenters. The highest BCUT2D eigenvalue weighted by Crippen LogP contribution is 2.20. The second kappa shape index (κ2) is 5.85. The van der Waals surface area contributed by atoms with Crippen molar-refractivity contribution in [3.8, 4) is 17.1 Å². The van der Waals surface area contributed by atoms with Crippen LogP contribution in [0.15, 0.2) is 57.9 Å². The highest BCUT2D eigenvalue weighted by Gasteiger charge is 2.11. The third kappa shape index (κ3) is 3.57. The van der Waals surface area contributed by atoms with Crippen molar-refractivity contribution < 1.29 is 18.0 Å². The normalized spacial score (nSPS) is 11.5. The number of hydrogen-bond acceptors (Lipinski definition) is 6. The molecule has 0 saturated heterocycles. The molecule has 0 aliphatic heterocycles. The molecule has 0 atom stereocenters. The van der Waals surface area contributed by atoms with E-state index in [1.54, 1.807) is 30.3 Å². The average Bonchev–Trinajstić information content (AvgIpc) is 2.95. The Kier molecular flexibility index (Phi) is 3.87. The van der Waals surface area contributed by atoms with Gasteiger partial charge in [-0.3, -0.25) is 0 Å². The highest BCUT2D eigenvalue weighted by molar-refractivity contribution is 7.90. The molecule has 0 aliphatic rings. The fraction of sp³-hybridized carbons (Fsp3) is 0.125. The second-order valence-electron chi connectivity index (χ2n) is 5.15. The van der Waals surface area contributed by atoms with Crippen molar-refractivity contribution in [2.75, 3.05) is 6.26 Å². The van der Waals surface area contributed by atoms with Crippen LogP contribution in [-0.2, 0) is 16.3 Å². The molecule has 0 fully saturated rings. The van der Waals surface area contributed by atoms with Gasteiger partial charge in [-0.2, -0.15) is 4.98 Å². The number of sulfone groups is 1. The standard InChI is InChI=1S/C16H14N2O4S/c1-23(20,21)14-7-5-12(6-8-14)16-17-15(22-18-16)10-11-3-2-4-13(19)9-11/h2-9,19H,10H2,1H3. The summed E-state index contributed by atoms with van der Waals surface area (Å²) in [5.74, 6) is 0.983. The Morgan fingerprint density at radius 1 is 1.13 bits per heavy atom. The number of phenolic OH excluding ortho intramolecular Hbond substituents is 1. The van der Waals surface area contributed by atoms with E-state index in [0.29, 0.717) is 23.7 Å². The predicted octanol–water partition coefficient (Wildman–Crippen LogP) is 2.44. The Labute approximate surface area is 133 Å². The van der Waals surface area contributed by atoms with Crippen LogP contribution in [0.2, 0.25) is 0 Å². The number of aromatic nitrogens is 2. The maximum Gasteiger partial charge on any atom is 0.231 e. The summed E-state index contributed by atoms with van der Waals surface area (Å²) in [5, 5.41) is 13.3. The molecule has 2 aromatic carbocycles. The molecule has 1 N–H and O–H groups in total. The maximum atomic E-state index is 11.4. The lowest BCUT2D eigenvalue weighted by molar-refractivity contribution is 0.385. The van der Waals surface area contributed by atoms with E-state index >= 15 is 0 Å². The van der Waals surface area contributed by atoms with Crippen LogP contribution in [0.3, 0.4) is 0 Å². The molecule has 3 aromatic rings. The molecule has 6 nitrogen and oxygen atoms in total. The molecular weight excluding hydrogens is 316 g/mol. The van der Waals surface area contributed by atoms with Gasteiger partial charge >= 0.3 is 0 Å². The smallest absolute Gasteiger partial charge is 0.231 e. The van der Waals surface area contributed by atoms with Crippen LogP contribution in [0.5, 0.6) is 5.75 Å².